The van der Waals surface area contributed by atoms with Crippen LogP contribution in [-0.2, 0) is 0 Å². The van der Waals surface area contributed by atoms with Crippen LogP contribution in [0.2, 0.25) is 5.02 Å². The van der Waals surface area contributed by atoms with E-state index in [1.807, 2.05) is 30.3 Å². The van der Waals surface area contributed by atoms with Gasteiger partial charge in [0.25, 0.3) is 0 Å². The molecule has 33 heavy (non-hydrogen) atoms. The number of H-pyrrole nitrogens is 1. The third-order valence-electron chi connectivity index (χ3n) is 6.14. The number of nitrogens with zero attached hydrogens (tertiary/aromatic N) is 6. The van der Waals surface area contributed by atoms with Crippen LogP contribution in [-0.4, -0.2) is 36.9 Å². The van der Waals surface area contributed by atoms with Crippen LogP contribution in [0.15, 0.2) is 47.2 Å². The minimum atomic E-state index is -0.00964. The van der Waals surface area contributed by atoms with E-state index in [1.54, 1.807) is 12.4 Å². The van der Waals surface area contributed by atoms with Gasteiger partial charge in [-0.3, -0.25) is 10.1 Å². The van der Waals surface area contributed by atoms with Crippen molar-refractivity contribution in [1.29, 1.82) is 0 Å². The molecule has 1 saturated heterocycles. The fraction of sp³-hybridized carbons (Fsp3) is 0.348. The molecule has 6 rings (SSSR count). The van der Waals surface area contributed by atoms with Gasteiger partial charge in [0.2, 0.25) is 5.95 Å². The summed E-state index contributed by atoms with van der Waals surface area (Å²) in [6.07, 6.45) is 8.87. The van der Waals surface area contributed by atoms with Gasteiger partial charge in [0.1, 0.15) is 10.7 Å². The minimum Gasteiger partial charge on any atom is -0.358 e. The summed E-state index contributed by atoms with van der Waals surface area (Å²) in [6, 6.07) is 9.71. The molecule has 0 radical (unpaired) electrons. The fourth-order valence-corrected chi connectivity index (χ4v) is 4.40. The van der Waals surface area contributed by atoms with E-state index in [9.17, 15) is 0 Å². The number of piperidine rings is 1. The number of rotatable bonds is 6. The van der Waals surface area contributed by atoms with Crippen molar-refractivity contribution in [2.24, 2.45) is 0 Å². The molecule has 1 saturated carbocycles. The van der Waals surface area contributed by atoms with Gasteiger partial charge in [0, 0.05) is 36.5 Å². The van der Waals surface area contributed by atoms with Gasteiger partial charge < -0.3 is 14.7 Å². The lowest BCUT2D eigenvalue weighted by atomic mass is 10.00. The number of anilines is 3. The average Bonchev–Trinajstić information content (AvgIpc) is 3.40. The molecule has 5 heterocycles. The van der Waals surface area contributed by atoms with Crippen molar-refractivity contribution in [1.82, 2.24) is 30.3 Å². The Morgan fingerprint density at radius 2 is 2.03 bits per heavy atom. The molecule has 1 atom stereocenters. The van der Waals surface area contributed by atoms with Crippen LogP contribution < -0.4 is 10.2 Å². The monoisotopic (exact) mass is 462 g/mol. The van der Waals surface area contributed by atoms with Crippen molar-refractivity contribution in [3.05, 3.63) is 59.2 Å². The van der Waals surface area contributed by atoms with Gasteiger partial charge >= 0.3 is 0 Å². The third kappa shape index (κ3) is 4.16. The number of nitrogens with one attached hydrogen (secondary N) is 2. The van der Waals surface area contributed by atoms with Gasteiger partial charge in [-0.05, 0) is 44.2 Å². The highest BCUT2D eigenvalue weighted by Gasteiger charge is 2.30. The summed E-state index contributed by atoms with van der Waals surface area (Å²) in [4.78, 5) is 15.8. The van der Waals surface area contributed by atoms with Crippen LogP contribution in [0.25, 0.3) is 11.4 Å². The van der Waals surface area contributed by atoms with Gasteiger partial charge in [-0.15, -0.1) is 0 Å². The molecule has 4 aromatic rings. The van der Waals surface area contributed by atoms with Crippen molar-refractivity contribution in [3.63, 3.8) is 0 Å². The lowest BCUT2D eigenvalue weighted by Crippen LogP contribution is -2.34. The Balaban J connectivity index is 1.26. The predicted octanol–water partition coefficient (Wildman–Crippen LogP) is 5.26. The third-order valence-corrected chi connectivity index (χ3v) is 6.41. The number of aromatic nitrogens is 6. The van der Waals surface area contributed by atoms with Crippen LogP contribution >= 0.6 is 11.6 Å². The molecule has 0 aromatic carbocycles. The van der Waals surface area contributed by atoms with E-state index < -0.39 is 0 Å². The predicted molar refractivity (Wildman–Crippen MR) is 125 cm³/mol. The number of halogens is 1. The molecule has 168 valence electrons. The summed E-state index contributed by atoms with van der Waals surface area (Å²) in [5.74, 6) is 3.21. The molecule has 0 bridgehead atoms. The molecule has 0 amide bonds. The van der Waals surface area contributed by atoms with Crippen LogP contribution in [0, 0.1) is 0 Å². The van der Waals surface area contributed by atoms with Crippen molar-refractivity contribution in [2.45, 2.75) is 44.1 Å². The summed E-state index contributed by atoms with van der Waals surface area (Å²) in [6.45, 7) is 0.819. The van der Waals surface area contributed by atoms with Gasteiger partial charge in [-0.2, -0.15) is 10.1 Å². The second-order valence-corrected chi connectivity index (χ2v) is 8.92. The number of hydrogen-bond acceptors (Lipinski definition) is 8. The average molecular weight is 463 g/mol. The number of aromatic amines is 1. The lowest BCUT2D eigenvalue weighted by molar-refractivity contribution is 0.329. The smallest absolute Gasteiger partial charge is 0.228 e. The largest absolute Gasteiger partial charge is 0.358 e. The molecule has 1 unspecified atom stereocenters. The van der Waals surface area contributed by atoms with E-state index >= 15 is 0 Å². The molecule has 2 N–H and O–H groups in total. The Morgan fingerprint density at radius 3 is 2.88 bits per heavy atom. The summed E-state index contributed by atoms with van der Waals surface area (Å²) < 4.78 is 5.75. The van der Waals surface area contributed by atoms with Crippen molar-refractivity contribution in [2.75, 3.05) is 16.8 Å². The maximum Gasteiger partial charge on any atom is 0.228 e. The van der Waals surface area contributed by atoms with E-state index in [-0.39, 0.29) is 6.04 Å². The van der Waals surface area contributed by atoms with E-state index in [2.05, 4.69) is 35.5 Å². The summed E-state index contributed by atoms with van der Waals surface area (Å²) in [5, 5.41) is 15.4. The quantitative estimate of drug-likeness (QED) is 0.399. The van der Waals surface area contributed by atoms with E-state index in [4.69, 9.17) is 21.1 Å². The zero-order valence-electron chi connectivity index (χ0n) is 17.9. The summed E-state index contributed by atoms with van der Waals surface area (Å²) in [5.41, 5.74) is 2.65. The van der Waals surface area contributed by atoms with Gasteiger partial charge in [0.05, 0.1) is 17.9 Å². The van der Waals surface area contributed by atoms with Crippen LogP contribution in [0.4, 0.5) is 17.6 Å². The molecular weight excluding hydrogens is 440 g/mol. The molecule has 10 heteroatoms. The topological polar surface area (TPSA) is 109 Å². The molecule has 2 fully saturated rings. The van der Waals surface area contributed by atoms with E-state index in [0.717, 1.165) is 48.6 Å². The molecule has 9 nitrogen and oxygen atoms in total. The Kier molecular flexibility index (Phi) is 5.18. The first-order valence-corrected chi connectivity index (χ1v) is 11.6. The standard InChI is InChI=1S/C23H23ClN8O/c24-15-13-26-23(28-22(15)27-21-12-17(29-30-21)14-7-8-14)32-10-4-2-6-19(32)20-11-18(31-33-20)16-5-1-3-9-25-16/h1,3,5,9,11-14,19H,2,4,6-8,10H2,(H2,26,27,28,29,30). The van der Waals surface area contributed by atoms with Crippen LogP contribution in [0.1, 0.15) is 55.5 Å². The Hall–Kier alpha value is -3.46. The zero-order chi connectivity index (χ0) is 22.2. The van der Waals surface area contributed by atoms with Crippen molar-refractivity contribution < 1.29 is 4.52 Å². The Labute approximate surface area is 195 Å². The van der Waals surface area contributed by atoms with Crippen molar-refractivity contribution in [3.8, 4) is 11.4 Å². The molecule has 1 aliphatic carbocycles. The molecule has 4 aromatic heterocycles. The summed E-state index contributed by atoms with van der Waals surface area (Å²) >= 11 is 6.41. The molecule has 0 spiro atoms. The van der Waals surface area contributed by atoms with Crippen LogP contribution in [0.5, 0.6) is 0 Å². The summed E-state index contributed by atoms with van der Waals surface area (Å²) in [7, 11) is 0. The second kappa shape index (κ2) is 8.47. The maximum atomic E-state index is 6.41. The first kappa shape index (κ1) is 20.2. The molecule has 2 aliphatic rings. The SMILES string of the molecule is Clc1cnc(N2CCCCC2c2cc(-c3ccccn3)no2)nc1Nc1cc(C2CC2)[nH]n1. The first-order valence-electron chi connectivity index (χ1n) is 11.2. The molecule has 1 aliphatic heterocycles. The van der Waals surface area contributed by atoms with E-state index in [1.165, 1.54) is 12.8 Å². The van der Waals surface area contributed by atoms with Gasteiger partial charge in [-0.25, -0.2) is 4.98 Å². The number of hydrogen-bond donors (Lipinski definition) is 2. The lowest BCUT2D eigenvalue weighted by Gasteiger charge is -2.34. The van der Waals surface area contributed by atoms with Crippen molar-refractivity contribution >= 4 is 29.2 Å². The first-order chi connectivity index (χ1) is 16.2. The Bertz CT molecular complexity index is 1250. The zero-order valence-corrected chi connectivity index (χ0v) is 18.7. The number of pyridine rings is 1. The highest BCUT2D eigenvalue weighted by molar-refractivity contribution is 6.32. The van der Waals surface area contributed by atoms with Gasteiger partial charge in [0.15, 0.2) is 17.4 Å². The fourth-order valence-electron chi connectivity index (χ4n) is 4.26. The van der Waals surface area contributed by atoms with Crippen LogP contribution in [0.3, 0.4) is 0 Å². The second-order valence-electron chi connectivity index (χ2n) is 8.51. The normalized spacial score (nSPS) is 18.5. The van der Waals surface area contributed by atoms with E-state index in [0.29, 0.717) is 28.5 Å². The highest BCUT2D eigenvalue weighted by Crippen LogP contribution is 2.40. The van der Waals surface area contributed by atoms with Gasteiger partial charge in [-0.1, -0.05) is 22.8 Å². The Morgan fingerprint density at radius 1 is 1.09 bits per heavy atom. The molecular formula is C23H23ClN8O. The maximum absolute atomic E-state index is 6.41. The highest BCUT2D eigenvalue weighted by atomic mass is 35.5. The minimum absolute atomic E-state index is 0.00964.